The van der Waals surface area contributed by atoms with Crippen LogP contribution in [0.2, 0.25) is 0 Å². The van der Waals surface area contributed by atoms with E-state index in [0.717, 1.165) is 0 Å². The van der Waals surface area contributed by atoms with Gasteiger partial charge in [0, 0.05) is 16.9 Å². The zero-order valence-corrected chi connectivity index (χ0v) is 13.4. The van der Waals surface area contributed by atoms with Crippen LogP contribution < -0.4 is 0 Å². The predicted octanol–water partition coefficient (Wildman–Crippen LogP) is 3.99. The van der Waals surface area contributed by atoms with Crippen molar-refractivity contribution in [3.05, 3.63) is 69.4 Å². The van der Waals surface area contributed by atoms with Crippen LogP contribution in [0.25, 0.3) is 0 Å². The fraction of sp³-hybridized carbons (Fsp3) is 0.176. The lowest BCUT2D eigenvalue weighted by molar-refractivity contribution is 0.0646. The van der Waals surface area contributed by atoms with Gasteiger partial charge in [0.25, 0.3) is 11.8 Å². The van der Waals surface area contributed by atoms with Crippen molar-refractivity contribution in [2.24, 2.45) is 0 Å². The molecule has 0 aromatic heterocycles. The van der Waals surface area contributed by atoms with Crippen molar-refractivity contribution in [3.8, 4) is 0 Å². The standard InChI is InChI=1S/C17H13BrFNO2/c1-10(12-7-6-11(18)8-15(12)19)9-20-16(21)13-4-2-3-5-14(13)17(20)22/h2-8,10H,9H2,1H3. The number of hydrogen-bond donors (Lipinski definition) is 0. The summed E-state index contributed by atoms with van der Waals surface area (Å²) in [6, 6.07) is 11.5. The van der Waals surface area contributed by atoms with Gasteiger partial charge in [-0.25, -0.2) is 4.39 Å². The molecule has 3 nitrogen and oxygen atoms in total. The highest BCUT2D eigenvalue weighted by molar-refractivity contribution is 9.10. The van der Waals surface area contributed by atoms with Gasteiger partial charge in [-0.2, -0.15) is 0 Å². The maximum absolute atomic E-state index is 14.0. The summed E-state index contributed by atoms with van der Waals surface area (Å²) in [4.78, 5) is 25.8. The molecule has 3 rings (SSSR count). The molecule has 1 unspecified atom stereocenters. The molecule has 2 aromatic carbocycles. The largest absolute Gasteiger partial charge is 0.274 e. The fourth-order valence-electron chi connectivity index (χ4n) is 2.68. The van der Waals surface area contributed by atoms with Gasteiger partial charge in [-0.3, -0.25) is 14.5 Å². The molecule has 112 valence electrons. The molecule has 0 N–H and O–H groups in total. The zero-order chi connectivity index (χ0) is 15.9. The molecule has 0 bridgehead atoms. The number of amides is 2. The Morgan fingerprint density at radius 3 is 2.23 bits per heavy atom. The van der Waals surface area contributed by atoms with Gasteiger partial charge in [0.05, 0.1) is 11.1 Å². The van der Waals surface area contributed by atoms with Gasteiger partial charge in [0.1, 0.15) is 5.82 Å². The summed E-state index contributed by atoms with van der Waals surface area (Å²) in [5, 5.41) is 0. The molecule has 1 heterocycles. The van der Waals surface area contributed by atoms with Crippen LogP contribution in [-0.4, -0.2) is 23.3 Å². The second-order valence-corrected chi connectivity index (χ2v) is 6.25. The van der Waals surface area contributed by atoms with E-state index >= 15 is 0 Å². The van der Waals surface area contributed by atoms with Gasteiger partial charge in [-0.05, 0) is 29.8 Å². The monoisotopic (exact) mass is 361 g/mol. The summed E-state index contributed by atoms with van der Waals surface area (Å²) >= 11 is 3.21. The molecule has 22 heavy (non-hydrogen) atoms. The Morgan fingerprint density at radius 2 is 1.68 bits per heavy atom. The normalized spacial score (nSPS) is 15.1. The topological polar surface area (TPSA) is 37.4 Å². The van der Waals surface area contributed by atoms with Crippen molar-refractivity contribution in [2.75, 3.05) is 6.54 Å². The number of carbonyl (C=O) groups excluding carboxylic acids is 2. The SMILES string of the molecule is CC(CN1C(=O)c2ccccc2C1=O)c1ccc(Br)cc1F. The van der Waals surface area contributed by atoms with Gasteiger partial charge >= 0.3 is 0 Å². The first-order valence-electron chi connectivity index (χ1n) is 6.89. The summed E-state index contributed by atoms with van der Waals surface area (Å²) in [5.41, 5.74) is 1.31. The van der Waals surface area contributed by atoms with Crippen molar-refractivity contribution >= 4 is 27.7 Å². The first kappa shape index (κ1) is 14.9. The van der Waals surface area contributed by atoms with E-state index in [0.29, 0.717) is 21.2 Å². The summed E-state index contributed by atoms with van der Waals surface area (Å²) in [5.74, 6) is -1.26. The van der Waals surface area contributed by atoms with E-state index in [4.69, 9.17) is 0 Å². The Bertz CT molecular complexity index is 740. The third kappa shape index (κ3) is 2.46. The Labute approximate surface area is 135 Å². The number of halogens is 2. The molecule has 1 aliphatic rings. The molecular weight excluding hydrogens is 349 g/mol. The van der Waals surface area contributed by atoms with Crippen LogP contribution in [-0.2, 0) is 0 Å². The molecule has 0 saturated carbocycles. The summed E-state index contributed by atoms with van der Waals surface area (Å²) in [6.45, 7) is 1.96. The number of benzene rings is 2. The van der Waals surface area contributed by atoms with Crippen LogP contribution >= 0.6 is 15.9 Å². The second kappa shape index (κ2) is 5.65. The fourth-order valence-corrected chi connectivity index (χ4v) is 3.01. The molecule has 2 amide bonds. The minimum absolute atomic E-state index is 0.158. The molecule has 0 radical (unpaired) electrons. The Hall–Kier alpha value is -2.01. The summed E-state index contributed by atoms with van der Waals surface area (Å²) in [6.07, 6.45) is 0. The highest BCUT2D eigenvalue weighted by atomic mass is 79.9. The molecule has 2 aromatic rings. The first-order valence-corrected chi connectivity index (χ1v) is 7.68. The van der Waals surface area contributed by atoms with Gasteiger partial charge in [0.2, 0.25) is 0 Å². The minimum Gasteiger partial charge on any atom is -0.274 e. The molecule has 5 heteroatoms. The number of fused-ring (bicyclic) bond motifs is 1. The second-order valence-electron chi connectivity index (χ2n) is 5.33. The molecule has 0 spiro atoms. The van der Waals surface area contributed by atoms with Crippen LogP contribution in [0.1, 0.15) is 39.1 Å². The zero-order valence-electron chi connectivity index (χ0n) is 11.8. The van der Waals surface area contributed by atoms with Gasteiger partial charge in [-0.15, -0.1) is 0 Å². The van der Waals surface area contributed by atoms with Crippen LogP contribution in [0.15, 0.2) is 46.9 Å². The van der Waals surface area contributed by atoms with Crippen LogP contribution in [0.4, 0.5) is 4.39 Å². The third-order valence-corrected chi connectivity index (χ3v) is 4.32. The van der Waals surface area contributed by atoms with Gasteiger partial charge in [0.15, 0.2) is 0 Å². The molecule has 1 atom stereocenters. The number of rotatable bonds is 3. The summed E-state index contributed by atoms with van der Waals surface area (Å²) < 4.78 is 14.7. The molecule has 0 aliphatic carbocycles. The highest BCUT2D eigenvalue weighted by Crippen LogP contribution is 2.28. The maximum Gasteiger partial charge on any atom is 0.261 e. The van der Waals surface area contributed by atoms with Gasteiger partial charge in [-0.1, -0.05) is 41.1 Å². The number of imide groups is 1. The van der Waals surface area contributed by atoms with E-state index in [1.165, 1.54) is 11.0 Å². The third-order valence-electron chi connectivity index (χ3n) is 3.83. The molecule has 1 aliphatic heterocycles. The van der Waals surface area contributed by atoms with Crippen molar-refractivity contribution in [1.82, 2.24) is 4.90 Å². The smallest absolute Gasteiger partial charge is 0.261 e. The maximum atomic E-state index is 14.0. The highest BCUT2D eigenvalue weighted by Gasteiger charge is 2.36. The van der Waals surface area contributed by atoms with Crippen LogP contribution in [0.3, 0.4) is 0 Å². The lowest BCUT2D eigenvalue weighted by atomic mass is 10.00. The number of hydrogen-bond acceptors (Lipinski definition) is 2. The van der Waals surface area contributed by atoms with Crippen LogP contribution in [0, 0.1) is 5.82 Å². The molecule has 0 fully saturated rings. The summed E-state index contributed by atoms with van der Waals surface area (Å²) in [7, 11) is 0. The quantitative estimate of drug-likeness (QED) is 0.775. The molecule has 0 saturated heterocycles. The van der Waals surface area contributed by atoms with Gasteiger partial charge < -0.3 is 0 Å². The Morgan fingerprint density at radius 1 is 1.09 bits per heavy atom. The van der Waals surface area contributed by atoms with Crippen molar-refractivity contribution in [3.63, 3.8) is 0 Å². The first-order chi connectivity index (χ1) is 10.5. The number of nitrogens with zero attached hydrogens (tertiary/aromatic N) is 1. The minimum atomic E-state index is -0.349. The Balaban J connectivity index is 1.85. The van der Waals surface area contributed by atoms with E-state index in [2.05, 4.69) is 15.9 Å². The lowest BCUT2D eigenvalue weighted by Gasteiger charge is -2.20. The van der Waals surface area contributed by atoms with Crippen LogP contribution in [0.5, 0.6) is 0 Å². The molecular formula is C17H13BrFNO2. The predicted molar refractivity (Wildman–Crippen MR) is 84.3 cm³/mol. The van der Waals surface area contributed by atoms with E-state index in [9.17, 15) is 14.0 Å². The van der Waals surface area contributed by atoms with E-state index in [-0.39, 0.29) is 30.1 Å². The van der Waals surface area contributed by atoms with E-state index in [1.807, 2.05) is 0 Å². The Kier molecular flexibility index (Phi) is 3.83. The van der Waals surface area contributed by atoms with Crippen molar-refractivity contribution < 1.29 is 14.0 Å². The van der Waals surface area contributed by atoms with E-state index < -0.39 is 0 Å². The van der Waals surface area contributed by atoms with Crippen molar-refractivity contribution in [1.29, 1.82) is 0 Å². The lowest BCUT2D eigenvalue weighted by Crippen LogP contribution is -2.33. The number of carbonyl (C=O) groups is 2. The van der Waals surface area contributed by atoms with Crippen molar-refractivity contribution in [2.45, 2.75) is 12.8 Å². The average Bonchev–Trinajstić information content (AvgIpc) is 2.73. The average molecular weight is 362 g/mol. The van der Waals surface area contributed by atoms with E-state index in [1.54, 1.807) is 43.3 Å².